The van der Waals surface area contributed by atoms with Crippen molar-refractivity contribution in [2.45, 2.75) is 6.54 Å². The van der Waals surface area contributed by atoms with Gasteiger partial charge in [0, 0.05) is 30.2 Å². The minimum atomic E-state index is 0.238. The normalized spacial score (nSPS) is 9.88. The van der Waals surface area contributed by atoms with Crippen molar-refractivity contribution in [1.82, 2.24) is 4.98 Å². The quantitative estimate of drug-likeness (QED) is 0.787. The third kappa shape index (κ3) is 2.60. The van der Waals surface area contributed by atoms with E-state index in [1.807, 2.05) is 12.1 Å². The lowest BCUT2D eigenvalue weighted by Gasteiger charge is -2.09. The van der Waals surface area contributed by atoms with Crippen molar-refractivity contribution in [1.29, 1.82) is 0 Å². The summed E-state index contributed by atoms with van der Waals surface area (Å²) in [5.41, 5.74) is 1.99. The summed E-state index contributed by atoms with van der Waals surface area (Å²) < 4.78 is 0. The largest absolute Gasteiger partial charge is 0.508 e. The van der Waals surface area contributed by atoms with Gasteiger partial charge in [-0.25, -0.2) is 0 Å². The van der Waals surface area contributed by atoms with E-state index in [-0.39, 0.29) is 5.75 Å². The van der Waals surface area contributed by atoms with Crippen molar-refractivity contribution in [3.8, 4) is 5.75 Å². The molecule has 0 saturated heterocycles. The Labute approximate surface area is 98.9 Å². The standard InChI is InChI=1S/C13H12N2O2/c16-9-11-7-14-6-5-12(11)15-8-10-3-1-2-4-13(10)17/h1-7,9,17H,8H2,(H,14,15). The van der Waals surface area contributed by atoms with Crippen LogP contribution in [-0.4, -0.2) is 16.4 Å². The van der Waals surface area contributed by atoms with Crippen LogP contribution in [0.5, 0.6) is 5.75 Å². The van der Waals surface area contributed by atoms with E-state index in [1.165, 1.54) is 6.20 Å². The Morgan fingerprint density at radius 1 is 1.29 bits per heavy atom. The topological polar surface area (TPSA) is 62.2 Å². The third-order valence-corrected chi connectivity index (χ3v) is 2.44. The molecule has 0 aliphatic rings. The van der Waals surface area contributed by atoms with Gasteiger partial charge in [-0.05, 0) is 12.1 Å². The van der Waals surface area contributed by atoms with Gasteiger partial charge in [0.15, 0.2) is 6.29 Å². The van der Waals surface area contributed by atoms with Gasteiger partial charge in [-0.1, -0.05) is 18.2 Å². The summed E-state index contributed by atoms with van der Waals surface area (Å²) in [6.45, 7) is 0.456. The van der Waals surface area contributed by atoms with Crippen LogP contribution in [0.1, 0.15) is 15.9 Å². The Kier molecular flexibility index (Phi) is 3.35. The van der Waals surface area contributed by atoms with Crippen LogP contribution in [0, 0.1) is 0 Å². The molecule has 1 aromatic heterocycles. The fourth-order valence-corrected chi connectivity index (χ4v) is 1.51. The number of nitrogens with one attached hydrogen (secondary N) is 1. The molecule has 17 heavy (non-hydrogen) atoms. The fraction of sp³-hybridized carbons (Fsp3) is 0.0769. The van der Waals surface area contributed by atoms with Crippen LogP contribution in [0.3, 0.4) is 0 Å². The van der Waals surface area contributed by atoms with E-state index in [4.69, 9.17) is 0 Å². The average molecular weight is 228 g/mol. The predicted octanol–water partition coefficient (Wildman–Crippen LogP) is 2.21. The molecule has 2 rings (SSSR count). The molecule has 0 aliphatic heterocycles. The first-order valence-corrected chi connectivity index (χ1v) is 5.21. The van der Waals surface area contributed by atoms with E-state index in [0.29, 0.717) is 17.8 Å². The average Bonchev–Trinajstić information content (AvgIpc) is 2.38. The first kappa shape index (κ1) is 11.1. The highest BCUT2D eigenvalue weighted by Crippen LogP contribution is 2.18. The lowest BCUT2D eigenvalue weighted by molar-refractivity contribution is 0.112. The van der Waals surface area contributed by atoms with E-state index in [2.05, 4.69) is 10.3 Å². The highest BCUT2D eigenvalue weighted by atomic mass is 16.3. The van der Waals surface area contributed by atoms with E-state index >= 15 is 0 Å². The lowest BCUT2D eigenvalue weighted by atomic mass is 10.2. The second kappa shape index (κ2) is 5.12. The maximum absolute atomic E-state index is 10.8. The SMILES string of the molecule is O=Cc1cnccc1NCc1ccccc1O. The minimum Gasteiger partial charge on any atom is -0.508 e. The number of rotatable bonds is 4. The van der Waals surface area contributed by atoms with Crippen LogP contribution in [-0.2, 0) is 6.54 Å². The molecule has 2 aromatic rings. The number of phenols is 1. The van der Waals surface area contributed by atoms with Crippen LogP contribution in [0.4, 0.5) is 5.69 Å². The number of anilines is 1. The number of benzene rings is 1. The molecule has 0 amide bonds. The van der Waals surface area contributed by atoms with Gasteiger partial charge in [-0.2, -0.15) is 0 Å². The van der Waals surface area contributed by atoms with E-state index < -0.39 is 0 Å². The monoisotopic (exact) mass is 228 g/mol. The molecular weight excluding hydrogens is 216 g/mol. The van der Waals surface area contributed by atoms with Gasteiger partial charge in [-0.15, -0.1) is 0 Å². The van der Waals surface area contributed by atoms with Crippen LogP contribution < -0.4 is 5.32 Å². The maximum atomic E-state index is 10.8. The van der Waals surface area contributed by atoms with Crippen molar-refractivity contribution in [3.63, 3.8) is 0 Å². The van der Waals surface area contributed by atoms with Gasteiger partial charge in [-0.3, -0.25) is 9.78 Å². The lowest BCUT2D eigenvalue weighted by Crippen LogP contribution is -2.02. The Bertz CT molecular complexity index is 526. The van der Waals surface area contributed by atoms with Crippen LogP contribution in [0.15, 0.2) is 42.7 Å². The number of nitrogens with zero attached hydrogens (tertiary/aromatic N) is 1. The molecule has 0 aliphatic carbocycles. The fourth-order valence-electron chi connectivity index (χ4n) is 1.51. The molecular formula is C13H12N2O2. The van der Waals surface area contributed by atoms with Crippen LogP contribution >= 0.6 is 0 Å². The Hall–Kier alpha value is -2.36. The van der Waals surface area contributed by atoms with Gasteiger partial charge in [0.2, 0.25) is 0 Å². The molecule has 0 atom stereocenters. The predicted molar refractivity (Wildman–Crippen MR) is 65.1 cm³/mol. The molecule has 86 valence electrons. The first-order valence-electron chi connectivity index (χ1n) is 5.21. The first-order chi connectivity index (χ1) is 8.31. The van der Waals surface area contributed by atoms with Crippen LogP contribution in [0.2, 0.25) is 0 Å². The number of aldehydes is 1. The molecule has 0 spiro atoms. The van der Waals surface area contributed by atoms with Crippen molar-refractivity contribution in [2.24, 2.45) is 0 Å². The van der Waals surface area contributed by atoms with Crippen LogP contribution in [0.25, 0.3) is 0 Å². The van der Waals surface area contributed by atoms with E-state index in [0.717, 1.165) is 11.8 Å². The summed E-state index contributed by atoms with van der Waals surface area (Å²) in [5, 5.41) is 12.7. The molecule has 1 heterocycles. The molecule has 0 fully saturated rings. The molecule has 0 bridgehead atoms. The third-order valence-electron chi connectivity index (χ3n) is 2.44. The summed E-state index contributed by atoms with van der Waals surface area (Å²) in [6, 6.07) is 8.80. The number of hydrogen-bond donors (Lipinski definition) is 2. The molecule has 0 radical (unpaired) electrons. The highest BCUT2D eigenvalue weighted by molar-refractivity contribution is 5.83. The summed E-state index contributed by atoms with van der Waals surface area (Å²) in [4.78, 5) is 14.6. The number of hydrogen-bond acceptors (Lipinski definition) is 4. The summed E-state index contributed by atoms with van der Waals surface area (Å²) in [6.07, 6.45) is 3.86. The molecule has 4 heteroatoms. The maximum Gasteiger partial charge on any atom is 0.153 e. The second-order valence-corrected chi connectivity index (χ2v) is 3.56. The Morgan fingerprint density at radius 3 is 2.88 bits per heavy atom. The summed E-state index contributed by atoms with van der Waals surface area (Å²) >= 11 is 0. The van der Waals surface area contributed by atoms with Gasteiger partial charge >= 0.3 is 0 Å². The van der Waals surface area contributed by atoms with Crippen molar-refractivity contribution in [3.05, 3.63) is 53.9 Å². The molecule has 0 unspecified atom stereocenters. The Morgan fingerprint density at radius 2 is 2.12 bits per heavy atom. The van der Waals surface area contributed by atoms with Crippen molar-refractivity contribution in [2.75, 3.05) is 5.32 Å². The van der Waals surface area contributed by atoms with Gasteiger partial charge < -0.3 is 10.4 Å². The molecule has 1 aromatic carbocycles. The smallest absolute Gasteiger partial charge is 0.153 e. The molecule has 2 N–H and O–H groups in total. The van der Waals surface area contributed by atoms with Gasteiger partial charge in [0.05, 0.1) is 5.56 Å². The van der Waals surface area contributed by atoms with Crippen molar-refractivity contribution >= 4 is 12.0 Å². The summed E-state index contributed by atoms with van der Waals surface area (Å²) in [7, 11) is 0. The Balaban J connectivity index is 2.13. The molecule has 0 saturated carbocycles. The number of carbonyl (C=O) groups is 1. The number of para-hydroxylation sites is 1. The van der Waals surface area contributed by atoms with E-state index in [1.54, 1.807) is 24.4 Å². The van der Waals surface area contributed by atoms with Crippen molar-refractivity contribution < 1.29 is 9.90 Å². The minimum absolute atomic E-state index is 0.238. The zero-order valence-electron chi connectivity index (χ0n) is 9.13. The van der Waals surface area contributed by atoms with E-state index in [9.17, 15) is 9.90 Å². The van der Waals surface area contributed by atoms with Gasteiger partial charge in [0.1, 0.15) is 5.75 Å². The zero-order chi connectivity index (χ0) is 12.1. The number of carbonyl (C=O) groups excluding carboxylic acids is 1. The van der Waals surface area contributed by atoms with Gasteiger partial charge in [0.25, 0.3) is 0 Å². The second-order valence-electron chi connectivity index (χ2n) is 3.56. The number of aromatic hydroxyl groups is 1. The highest BCUT2D eigenvalue weighted by Gasteiger charge is 2.02. The number of aromatic nitrogens is 1. The number of phenolic OH excluding ortho intramolecular Hbond substituents is 1. The zero-order valence-corrected chi connectivity index (χ0v) is 9.13. The summed E-state index contributed by atoms with van der Waals surface area (Å²) in [5.74, 6) is 0.238. The number of pyridine rings is 1. The molecule has 4 nitrogen and oxygen atoms in total.